The van der Waals surface area contributed by atoms with Crippen molar-refractivity contribution < 1.29 is 103 Å². The summed E-state index contributed by atoms with van der Waals surface area (Å²) < 4.78 is 58.8. The Labute approximate surface area is 449 Å². The van der Waals surface area contributed by atoms with E-state index in [4.69, 9.17) is 47.4 Å². The number of ether oxygens (including phenoxy) is 10. The van der Waals surface area contributed by atoms with Gasteiger partial charge in [0.1, 0.15) is 67.1 Å². The van der Waals surface area contributed by atoms with Gasteiger partial charge in [-0.05, 0) is 103 Å². The summed E-state index contributed by atoms with van der Waals surface area (Å²) in [5.74, 6) is -0.201. The molecule has 3 heterocycles. The van der Waals surface area contributed by atoms with Crippen molar-refractivity contribution in [3.63, 3.8) is 0 Å². The SMILES string of the molecule is COc1cc(C(=O)O[C@H]2C[C@]3(C(=O)O)C[C@@H]4C[C@]45C(=CCC4[C@@]6(C)CC[C@H](O[C@@H]7O[C@H](CO)[C@@H](O)[C@H](O)[C@H]7O[C@@H]7OC[C@@H](O[C@@H]8OC[C@@H](O)[C@H](O)[C@H]8O)[C@H](O)[C@H]7O)C(C)(C)[C@@H]6CC[C@]45C)[C@@H]3CC2(C)C)cc(OC)c1OC. The predicted molar refractivity (Wildman–Crippen MR) is 267 cm³/mol. The highest BCUT2D eigenvalue weighted by molar-refractivity contribution is 5.91. The molecule has 6 aliphatic carbocycles. The fourth-order valence-corrected chi connectivity index (χ4v) is 17.0. The number of carboxylic acid groups (broad SMARTS) is 1. The van der Waals surface area contributed by atoms with Crippen LogP contribution in [-0.2, 0) is 38.0 Å². The van der Waals surface area contributed by atoms with Crippen molar-refractivity contribution in [2.75, 3.05) is 41.2 Å². The van der Waals surface area contributed by atoms with Crippen molar-refractivity contribution in [1.82, 2.24) is 0 Å². The molecule has 23 atom stereocenters. The fraction of sp³-hybridized carbons (Fsp3) is 0.821. The molecule has 1 aromatic rings. The van der Waals surface area contributed by atoms with Gasteiger partial charge in [-0.25, -0.2) is 4.79 Å². The number of methoxy groups -OCH3 is 3. The molecule has 8 fully saturated rings. The maximum Gasteiger partial charge on any atom is 0.338 e. The third-order valence-corrected chi connectivity index (χ3v) is 21.2. The van der Waals surface area contributed by atoms with E-state index < -0.39 is 134 Å². The summed E-state index contributed by atoms with van der Waals surface area (Å²) in [7, 11) is 4.42. The zero-order chi connectivity index (χ0) is 55.7. The van der Waals surface area contributed by atoms with Crippen molar-refractivity contribution in [2.24, 2.45) is 56.2 Å². The minimum atomic E-state index is -1.79. The van der Waals surface area contributed by atoms with Gasteiger partial charge in [0.25, 0.3) is 0 Å². The number of carboxylic acids is 1. The number of carbonyl (C=O) groups excluding carboxylic acids is 1. The molecule has 1 unspecified atom stereocenters. The highest BCUT2D eigenvalue weighted by atomic mass is 16.8. The van der Waals surface area contributed by atoms with E-state index in [1.807, 2.05) is 0 Å². The van der Waals surface area contributed by atoms with Crippen LogP contribution in [0.15, 0.2) is 23.8 Å². The van der Waals surface area contributed by atoms with E-state index in [1.165, 1.54) is 26.9 Å². The number of aliphatic carboxylic acids is 1. The summed E-state index contributed by atoms with van der Waals surface area (Å²) in [5.41, 5.74) is -1.18. The number of aliphatic hydroxyl groups is 8. The van der Waals surface area contributed by atoms with Crippen LogP contribution in [0.1, 0.15) is 110 Å². The van der Waals surface area contributed by atoms with Gasteiger partial charge in [-0.3, -0.25) is 4.79 Å². The Bertz CT molecular complexity index is 2390. The number of carbonyl (C=O) groups is 2. The van der Waals surface area contributed by atoms with Crippen molar-refractivity contribution in [2.45, 2.75) is 191 Å². The number of aliphatic hydroxyl groups excluding tert-OH is 8. The predicted octanol–water partition coefficient (Wildman–Crippen LogP) is 2.46. The van der Waals surface area contributed by atoms with Gasteiger partial charge in [-0.1, -0.05) is 53.2 Å². The van der Waals surface area contributed by atoms with Gasteiger partial charge in [0.2, 0.25) is 5.75 Å². The van der Waals surface area contributed by atoms with E-state index in [0.29, 0.717) is 36.5 Å². The molecule has 0 aromatic heterocycles. The van der Waals surface area contributed by atoms with Crippen LogP contribution in [0, 0.1) is 56.2 Å². The summed E-state index contributed by atoms with van der Waals surface area (Å²) in [6, 6.07) is 3.09. The molecule has 21 nitrogen and oxygen atoms in total. The van der Waals surface area contributed by atoms with E-state index >= 15 is 0 Å². The van der Waals surface area contributed by atoms with E-state index in [0.717, 1.165) is 32.1 Å². The maximum absolute atomic E-state index is 14.0. The number of hydrogen-bond donors (Lipinski definition) is 9. The number of allylic oxidation sites excluding steroid dienone is 2. The largest absolute Gasteiger partial charge is 0.493 e. The smallest absolute Gasteiger partial charge is 0.338 e. The lowest BCUT2D eigenvalue weighted by atomic mass is 9.36. The first kappa shape index (κ1) is 57.0. The Morgan fingerprint density at radius 2 is 1.35 bits per heavy atom. The van der Waals surface area contributed by atoms with Crippen molar-refractivity contribution in [3.8, 4) is 17.2 Å². The minimum Gasteiger partial charge on any atom is -0.493 e. The zero-order valence-electron chi connectivity index (χ0n) is 45.6. The topological polar surface area (TPSA) is 309 Å². The molecular weight excluding hydrogens is 1010 g/mol. The van der Waals surface area contributed by atoms with Crippen LogP contribution in [0.2, 0.25) is 0 Å². The first-order valence-corrected chi connectivity index (χ1v) is 27.5. The van der Waals surface area contributed by atoms with Crippen LogP contribution < -0.4 is 14.2 Å². The lowest BCUT2D eigenvalue weighted by molar-refractivity contribution is -0.377. The molecule has 77 heavy (non-hydrogen) atoms. The monoisotopic (exact) mass is 1090 g/mol. The normalized spacial score (nSPS) is 47.5. The van der Waals surface area contributed by atoms with Gasteiger partial charge in [0.15, 0.2) is 30.4 Å². The molecule has 5 saturated carbocycles. The summed E-state index contributed by atoms with van der Waals surface area (Å²) >= 11 is 0. The molecule has 0 radical (unpaired) electrons. The fourth-order valence-electron chi connectivity index (χ4n) is 17.0. The van der Waals surface area contributed by atoms with E-state index in [-0.39, 0.29) is 58.5 Å². The third-order valence-electron chi connectivity index (χ3n) is 21.2. The molecule has 3 aliphatic heterocycles. The second-order valence-electron chi connectivity index (χ2n) is 25.7. The molecule has 0 amide bonds. The van der Waals surface area contributed by atoms with Gasteiger partial charge in [0.05, 0.1) is 58.2 Å². The first-order valence-electron chi connectivity index (χ1n) is 27.5. The summed E-state index contributed by atoms with van der Waals surface area (Å²) in [4.78, 5) is 27.9. The number of benzene rings is 1. The lowest BCUT2D eigenvalue weighted by Crippen LogP contribution is -2.66. The molecule has 9 N–H and O–H groups in total. The molecule has 1 spiro atoms. The first-order chi connectivity index (χ1) is 36.3. The van der Waals surface area contributed by atoms with E-state index in [1.54, 1.807) is 12.1 Å². The molecule has 10 rings (SSSR count). The second kappa shape index (κ2) is 20.3. The van der Waals surface area contributed by atoms with Crippen LogP contribution >= 0.6 is 0 Å². The van der Waals surface area contributed by atoms with E-state index in [9.17, 15) is 55.5 Å². The van der Waals surface area contributed by atoms with Gasteiger partial charge in [0, 0.05) is 17.3 Å². The zero-order valence-corrected chi connectivity index (χ0v) is 45.6. The molecule has 21 heteroatoms. The number of fused-ring (bicyclic) bond motifs is 5. The maximum atomic E-state index is 14.0. The highest BCUT2D eigenvalue weighted by Crippen LogP contribution is 2.85. The summed E-state index contributed by atoms with van der Waals surface area (Å²) in [6.45, 7) is 12.0. The molecule has 3 saturated heterocycles. The number of esters is 1. The third kappa shape index (κ3) is 8.86. The van der Waals surface area contributed by atoms with Gasteiger partial charge < -0.3 is 93.3 Å². The highest BCUT2D eigenvalue weighted by Gasteiger charge is 2.79. The Morgan fingerprint density at radius 3 is 2.00 bits per heavy atom. The van der Waals surface area contributed by atoms with E-state index in [2.05, 4.69) is 47.6 Å². The average Bonchev–Trinajstić information content (AvgIpc) is 4.28. The number of hydrogen-bond acceptors (Lipinski definition) is 20. The van der Waals surface area contributed by atoms with Gasteiger partial charge >= 0.3 is 11.9 Å². The second-order valence-corrected chi connectivity index (χ2v) is 25.7. The Balaban J connectivity index is 0.854. The molecular formula is C56H82O21. The van der Waals surface area contributed by atoms with Crippen molar-refractivity contribution in [3.05, 3.63) is 29.3 Å². The molecule has 0 bridgehead atoms. The van der Waals surface area contributed by atoms with Crippen LogP contribution in [0.3, 0.4) is 0 Å². The average molecular weight is 1090 g/mol. The standard InChI is InChI=1S/C56H82O21/c1-51(2)20-28-27-10-11-35-53(5)14-13-36(76-49-45(41(62)39(60)32(22-57)73-49)77-48-43(64)40(61)33(24-72-48)74-47-42(63)38(59)29(58)23-71-47)52(3,4)34(53)12-15-54(35,6)56(27)19-26(56)18-55(28,50(66)67)21-37(51)75-46(65)25-16-30(68-7)44(70-9)31(17-25)69-8/h10,16-17,26,28-29,32-43,45,47-49,57-64H,11-15,18-24H2,1-9H3,(H,66,67)/t26-,28+,29-,32-,33-,34+,35?,36+,37+,38+,39-,40+,41+,42-,43-,45-,47+,48+,49+,53+,54-,55-,56-/m1/s1. The molecule has 1 aromatic carbocycles. The lowest BCUT2D eigenvalue weighted by Gasteiger charge is -2.69. The summed E-state index contributed by atoms with van der Waals surface area (Å²) in [5, 5.41) is 97.1. The van der Waals surface area contributed by atoms with Crippen LogP contribution in [0.5, 0.6) is 17.2 Å². The van der Waals surface area contributed by atoms with Crippen LogP contribution in [0.4, 0.5) is 0 Å². The molecule has 432 valence electrons. The Kier molecular flexibility index (Phi) is 15.0. The summed E-state index contributed by atoms with van der Waals surface area (Å²) in [6.07, 6.45) is -12.4. The van der Waals surface area contributed by atoms with Crippen molar-refractivity contribution >= 4 is 11.9 Å². The number of rotatable bonds is 13. The Morgan fingerprint density at radius 1 is 0.688 bits per heavy atom. The van der Waals surface area contributed by atoms with Crippen molar-refractivity contribution in [1.29, 1.82) is 0 Å². The van der Waals surface area contributed by atoms with Crippen LogP contribution in [0.25, 0.3) is 0 Å². The minimum absolute atomic E-state index is 0.135. The van der Waals surface area contributed by atoms with Crippen LogP contribution in [-0.4, -0.2) is 191 Å². The van der Waals surface area contributed by atoms with Gasteiger partial charge in [-0.15, -0.1) is 0 Å². The Hall–Kier alpha value is -3.26. The van der Waals surface area contributed by atoms with Gasteiger partial charge in [-0.2, -0.15) is 0 Å². The quantitative estimate of drug-likeness (QED) is 0.0778. The molecule has 9 aliphatic rings.